The maximum absolute atomic E-state index is 13.1. The predicted molar refractivity (Wildman–Crippen MR) is 131 cm³/mol. The highest BCUT2D eigenvalue weighted by Gasteiger charge is 2.46. The molecule has 0 aliphatic carbocycles. The number of hydrogen-bond donors (Lipinski definition) is 1. The maximum Gasteiger partial charge on any atom is 0.295 e. The number of ether oxygens (including phenoxy) is 1. The van der Waals surface area contributed by atoms with Crippen LogP contribution >= 0.6 is 11.6 Å². The number of ketones is 1. The van der Waals surface area contributed by atoms with Gasteiger partial charge in [-0.15, -0.1) is 0 Å². The summed E-state index contributed by atoms with van der Waals surface area (Å²) in [5.74, 6) is -1.05. The summed E-state index contributed by atoms with van der Waals surface area (Å²) in [7, 11) is 0. The zero-order valence-electron chi connectivity index (χ0n) is 19.6. The van der Waals surface area contributed by atoms with Gasteiger partial charge in [0.1, 0.15) is 11.5 Å². The van der Waals surface area contributed by atoms with E-state index >= 15 is 0 Å². The minimum atomic E-state index is -0.692. The standard InChI is InChI=1S/C26H31ClN2O4/c1-5-28(6-2)14-15-29-23(18-10-8-17(4)9-11-18)22(25(31)26(29)32)24(30)19-12-13-21(33-7-3)20(27)16-19/h8-13,16,23,30H,5-7,14-15H2,1-4H3/t23-/m0/s1. The lowest BCUT2D eigenvalue weighted by Crippen LogP contribution is -2.38. The fraction of sp³-hybridized carbons (Fsp3) is 0.385. The van der Waals surface area contributed by atoms with Crippen molar-refractivity contribution in [2.24, 2.45) is 0 Å². The smallest absolute Gasteiger partial charge is 0.295 e. The number of likely N-dealkylation sites (N-methyl/N-ethyl adjacent to an activating group) is 1. The number of benzene rings is 2. The number of rotatable bonds is 9. The van der Waals surface area contributed by atoms with E-state index in [2.05, 4.69) is 18.7 Å². The summed E-state index contributed by atoms with van der Waals surface area (Å²) in [4.78, 5) is 30.0. The molecule has 1 N–H and O–H groups in total. The highest BCUT2D eigenvalue weighted by atomic mass is 35.5. The lowest BCUT2D eigenvalue weighted by molar-refractivity contribution is -0.140. The average Bonchev–Trinajstić information content (AvgIpc) is 3.06. The van der Waals surface area contributed by atoms with Crippen molar-refractivity contribution in [2.45, 2.75) is 33.7 Å². The van der Waals surface area contributed by atoms with Gasteiger partial charge in [0.25, 0.3) is 11.7 Å². The van der Waals surface area contributed by atoms with E-state index in [0.717, 1.165) is 24.2 Å². The molecule has 0 bridgehead atoms. The fourth-order valence-corrected chi connectivity index (χ4v) is 4.31. The van der Waals surface area contributed by atoms with Gasteiger partial charge in [-0.1, -0.05) is 55.3 Å². The van der Waals surface area contributed by atoms with Gasteiger partial charge in [0.05, 0.1) is 23.2 Å². The van der Waals surface area contributed by atoms with Crippen LogP contribution < -0.4 is 4.74 Å². The molecular formula is C26H31ClN2O4. The zero-order valence-corrected chi connectivity index (χ0v) is 20.4. The molecule has 1 aliphatic heterocycles. The molecule has 1 amide bonds. The van der Waals surface area contributed by atoms with E-state index in [1.807, 2.05) is 38.1 Å². The summed E-state index contributed by atoms with van der Waals surface area (Å²) in [6.45, 7) is 11.1. The molecule has 7 heteroatoms. The molecule has 1 aliphatic rings. The van der Waals surface area contributed by atoms with E-state index in [9.17, 15) is 14.7 Å². The molecule has 2 aromatic rings. The first kappa shape index (κ1) is 24.8. The molecule has 0 radical (unpaired) electrons. The Morgan fingerprint density at radius 3 is 2.33 bits per heavy atom. The fourth-order valence-electron chi connectivity index (χ4n) is 4.07. The van der Waals surface area contributed by atoms with Crippen LogP contribution in [0.15, 0.2) is 48.0 Å². The average molecular weight is 471 g/mol. The number of aliphatic hydroxyl groups is 1. The quantitative estimate of drug-likeness (QED) is 0.323. The van der Waals surface area contributed by atoms with Crippen molar-refractivity contribution < 1.29 is 19.4 Å². The van der Waals surface area contributed by atoms with Gasteiger partial charge in [0, 0.05) is 18.7 Å². The lowest BCUT2D eigenvalue weighted by atomic mass is 9.94. The number of carbonyl (C=O) groups is 2. The van der Waals surface area contributed by atoms with Crippen molar-refractivity contribution in [1.82, 2.24) is 9.80 Å². The number of amides is 1. The Balaban J connectivity index is 2.09. The Labute approximate surface area is 200 Å². The second kappa shape index (κ2) is 10.9. The number of Topliss-reactive ketones (excluding diaryl/α,β-unsaturated/α-hetero) is 1. The first-order valence-corrected chi connectivity index (χ1v) is 11.7. The first-order valence-electron chi connectivity index (χ1n) is 11.3. The third-order valence-electron chi connectivity index (χ3n) is 5.99. The normalized spacial score (nSPS) is 17.8. The zero-order chi connectivity index (χ0) is 24.1. The summed E-state index contributed by atoms with van der Waals surface area (Å²) in [5.41, 5.74) is 2.28. The molecule has 1 heterocycles. The minimum Gasteiger partial charge on any atom is -0.507 e. The molecule has 1 saturated heterocycles. The molecule has 0 spiro atoms. The van der Waals surface area contributed by atoms with Crippen molar-refractivity contribution in [1.29, 1.82) is 0 Å². The van der Waals surface area contributed by atoms with Gasteiger partial charge < -0.3 is 19.6 Å². The Morgan fingerprint density at radius 2 is 1.76 bits per heavy atom. The molecule has 176 valence electrons. The van der Waals surface area contributed by atoms with Crippen LogP contribution in [-0.2, 0) is 9.59 Å². The van der Waals surface area contributed by atoms with Crippen molar-refractivity contribution in [3.63, 3.8) is 0 Å². The molecule has 2 aromatic carbocycles. The van der Waals surface area contributed by atoms with Gasteiger partial charge in [-0.3, -0.25) is 9.59 Å². The third kappa shape index (κ3) is 5.23. The van der Waals surface area contributed by atoms with Gasteiger partial charge >= 0.3 is 0 Å². The molecule has 0 unspecified atom stereocenters. The number of carbonyl (C=O) groups excluding carboxylic acids is 2. The van der Waals surface area contributed by atoms with Crippen LogP contribution in [0, 0.1) is 6.92 Å². The Kier molecular flexibility index (Phi) is 8.16. The Morgan fingerprint density at radius 1 is 1.09 bits per heavy atom. The van der Waals surface area contributed by atoms with Crippen molar-refractivity contribution in [2.75, 3.05) is 32.8 Å². The van der Waals surface area contributed by atoms with Crippen LogP contribution in [0.2, 0.25) is 5.02 Å². The largest absolute Gasteiger partial charge is 0.507 e. The first-order chi connectivity index (χ1) is 15.8. The van der Waals surface area contributed by atoms with Crippen LogP contribution in [0.25, 0.3) is 5.76 Å². The molecule has 1 atom stereocenters. The van der Waals surface area contributed by atoms with Gasteiger partial charge in [0.2, 0.25) is 0 Å². The van der Waals surface area contributed by atoms with Crippen LogP contribution in [0.1, 0.15) is 43.5 Å². The van der Waals surface area contributed by atoms with E-state index in [4.69, 9.17) is 16.3 Å². The van der Waals surface area contributed by atoms with E-state index < -0.39 is 17.7 Å². The summed E-state index contributed by atoms with van der Waals surface area (Å²) >= 11 is 6.31. The minimum absolute atomic E-state index is 0.0728. The van der Waals surface area contributed by atoms with E-state index in [0.29, 0.717) is 36.0 Å². The molecule has 0 saturated carbocycles. The molecule has 33 heavy (non-hydrogen) atoms. The summed E-state index contributed by atoms with van der Waals surface area (Å²) < 4.78 is 5.47. The lowest BCUT2D eigenvalue weighted by Gasteiger charge is -2.28. The van der Waals surface area contributed by atoms with Crippen LogP contribution in [0.3, 0.4) is 0 Å². The van der Waals surface area contributed by atoms with E-state index in [1.165, 1.54) is 0 Å². The number of halogens is 1. The number of aliphatic hydroxyl groups excluding tert-OH is 1. The molecular weight excluding hydrogens is 440 g/mol. The van der Waals surface area contributed by atoms with E-state index in [1.54, 1.807) is 23.1 Å². The third-order valence-corrected chi connectivity index (χ3v) is 6.29. The van der Waals surface area contributed by atoms with Crippen molar-refractivity contribution in [3.8, 4) is 5.75 Å². The second-order valence-electron chi connectivity index (χ2n) is 8.01. The van der Waals surface area contributed by atoms with Crippen LogP contribution in [-0.4, -0.2) is 59.4 Å². The second-order valence-corrected chi connectivity index (χ2v) is 8.42. The maximum atomic E-state index is 13.1. The van der Waals surface area contributed by atoms with Gasteiger partial charge in [0.15, 0.2) is 0 Å². The molecule has 3 rings (SSSR count). The van der Waals surface area contributed by atoms with Crippen molar-refractivity contribution >= 4 is 29.1 Å². The monoisotopic (exact) mass is 470 g/mol. The molecule has 6 nitrogen and oxygen atoms in total. The number of nitrogens with zero attached hydrogens (tertiary/aromatic N) is 2. The number of likely N-dealkylation sites (tertiary alicyclic amines) is 1. The van der Waals surface area contributed by atoms with Crippen LogP contribution in [0.4, 0.5) is 0 Å². The summed E-state index contributed by atoms with van der Waals surface area (Å²) in [5, 5.41) is 11.5. The summed E-state index contributed by atoms with van der Waals surface area (Å²) in [6.07, 6.45) is 0. The highest BCUT2D eigenvalue weighted by molar-refractivity contribution is 6.46. The van der Waals surface area contributed by atoms with Crippen LogP contribution in [0.5, 0.6) is 5.75 Å². The topological polar surface area (TPSA) is 70.1 Å². The van der Waals surface area contributed by atoms with Gasteiger partial charge in [-0.2, -0.15) is 0 Å². The van der Waals surface area contributed by atoms with Gasteiger partial charge in [-0.05, 0) is 50.7 Å². The molecule has 1 fully saturated rings. The highest BCUT2D eigenvalue weighted by Crippen LogP contribution is 2.40. The molecule has 0 aromatic heterocycles. The Bertz CT molecular complexity index is 1040. The van der Waals surface area contributed by atoms with Gasteiger partial charge in [-0.25, -0.2) is 0 Å². The van der Waals surface area contributed by atoms with Crippen molar-refractivity contribution in [3.05, 3.63) is 69.8 Å². The number of aryl methyl sites for hydroxylation is 1. The SMILES string of the molecule is CCOc1ccc(C(O)=C2C(=O)C(=O)N(CCN(CC)CC)[C@H]2c2ccc(C)cc2)cc1Cl. The number of hydrogen-bond acceptors (Lipinski definition) is 5. The summed E-state index contributed by atoms with van der Waals surface area (Å²) in [6, 6.07) is 11.8. The Hall–Kier alpha value is -2.83. The predicted octanol–water partition coefficient (Wildman–Crippen LogP) is 4.81. The van der Waals surface area contributed by atoms with E-state index in [-0.39, 0.29) is 11.3 Å².